The maximum atomic E-state index is 12.1. The van der Waals surface area contributed by atoms with E-state index < -0.39 is 5.56 Å². The number of aromatic nitrogens is 1. The molecule has 100 valence electrons. The lowest BCUT2D eigenvalue weighted by Gasteiger charge is -2.13. The number of aryl methyl sites for hydroxylation is 1. The largest absolute Gasteiger partial charge is 0.493 e. The van der Waals surface area contributed by atoms with E-state index >= 15 is 0 Å². The van der Waals surface area contributed by atoms with Gasteiger partial charge in [0.15, 0.2) is 11.5 Å². The van der Waals surface area contributed by atoms with Gasteiger partial charge < -0.3 is 14.0 Å². The van der Waals surface area contributed by atoms with Gasteiger partial charge in [0.25, 0.3) is 5.56 Å². The molecule has 0 spiro atoms. The van der Waals surface area contributed by atoms with Gasteiger partial charge in [-0.05, 0) is 6.07 Å². The molecular weight excluding hydrogens is 258 g/mol. The second-order valence-electron chi connectivity index (χ2n) is 4.06. The fourth-order valence-electron chi connectivity index (χ4n) is 2.08. The molecule has 0 aliphatic heterocycles. The van der Waals surface area contributed by atoms with Crippen molar-refractivity contribution in [2.75, 3.05) is 14.2 Å². The van der Waals surface area contributed by atoms with Crippen LogP contribution >= 0.6 is 0 Å². The maximum absolute atomic E-state index is 12.1. The summed E-state index contributed by atoms with van der Waals surface area (Å²) in [7, 11) is 4.50. The third kappa shape index (κ3) is 1.75. The number of methoxy groups -OCH3 is 2. The first-order chi connectivity index (χ1) is 9.58. The fourth-order valence-corrected chi connectivity index (χ4v) is 2.08. The summed E-state index contributed by atoms with van der Waals surface area (Å²) in [5.41, 5.74) is -0.131. The van der Waals surface area contributed by atoms with Gasteiger partial charge in [-0.25, -0.2) is 0 Å². The molecule has 0 saturated heterocycles. The quantitative estimate of drug-likeness (QED) is 0.819. The lowest BCUT2D eigenvalue weighted by atomic mass is 10.0. The first-order valence-electron chi connectivity index (χ1n) is 5.68. The Morgan fingerprint density at radius 2 is 1.60 bits per heavy atom. The Morgan fingerprint density at radius 1 is 1.05 bits per heavy atom. The summed E-state index contributed by atoms with van der Waals surface area (Å²) in [5.74, 6) is 0.877. The lowest BCUT2D eigenvalue weighted by molar-refractivity contribution is 0.355. The summed E-state index contributed by atoms with van der Waals surface area (Å²) >= 11 is 0. The minimum atomic E-state index is -0.510. The number of nitrogens with zero attached hydrogens (tertiary/aromatic N) is 3. The van der Waals surface area contributed by atoms with Crippen molar-refractivity contribution >= 4 is 10.9 Å². The highest BCUT2D eigenvalue weighted by molar-refractivity contribution is 5.90. The molecule has 0 radical (unpaired) electrons. The number of hydrogen-bond acceptors (Lipinski definition) is 5. The predicted octanol–water partition coefficient (Wildman–Crippen LogP) is 1.30. The number of benzene rings is 1. The summed E-state index contributed by atoms with van der Waals surface area (Å²) in [6.45, 7) is 0. The molecule has 1 aromatic heterocycles. The van der Waals surface area contributed by atoms with Crippen LogP contribution in [-0.4, -0.2) is 18.8 Å². The summed E-state index contributed by atoms with van der Waals surface area (Å²) < 4.78 is 11.7. The van der Waals surface area contributed by atoms with Crippen LogP contribution in [0.3, 0.4) is 0 Å². The minimum Gasteiger partial charge on any atom is -0.493 e. The standard InChI is InChI=1S/C14H11N3O3/c1-17-11-5-13(20-3)12(19-2)4-8(11)9(6-15)10(7-16)14(17)18/h4-5H,1-3H3. The SMILES string of the molecule is COc1cc2c(C#N)c(C#N)c(=O)n(C)c2cc1OC. The molecule has 2 aromatic rings. The van der Waals surface area contributed by atoms with E-state index in [0.717, 1.165) is 0 Å². The van der Waals surface area contributed by atoms with Crippen molar-refractivity contribution in [3.63, 3.8) is 0 Å². The summed E-state index contributed by atoms with van der Waals surface area (Å²) in [6.07, 6.45) is 0. The summed E-state index contributed by atoms with van der Waals surface area (Å²) in [4.78, 5) is 12.1. The monoisotopic (exact) mass is 269 g/mol. The minimum absolute atomic E-state index is 0.0477. The van der Waals surface area contributed by atoms with Gasteiger partial charge in [0, 0.05) is 18.5 Å². The molecule has 0 unspecified atom stereocenters. The van der Waals surface area contributed by atoms with Crippen LogP contribution in [0.15, 0.2) is 16.9 Å². The van der Waals surface area contributed by atoms with Gasteiger partial charge in [-0.15, -0.1) is 0 Å². The number of rotatable bonds is 2. The second-order valence-corrected chi connectivity index (χ2v) is 4.06. The molecule has 0 aliphatic carbocycles. The van der Waals surface area contributed by atoms with Gasteiger partial charge in [0.1, 0.15) is 17.7 Å². The van der Waals surface area contributed by atoms with Crippen LogP contribution in [0.1, 0.15) is 11.1 Å². The van der Waals surface area contributed by atoms with Crippen molar-refractivity contribution in [1.29, 1.82) is 10.5 Å². The summed E-state index contributed by atoms with van der Waals surface area (Å²) in [6, 6.07) is 6.90. The van der Waals surface area contributed by atoms with Crippen LogP contribution in [0, 0.1) is 22.7 Å². The molecule has 0 aliphatic rings. The van der Waals surface area contributed by atoms with E-state index in [0.29, 0.717) is 22.4 Å². The average Bonchev–Trinajstić information content (AvgIpc) is 2.49. The fraction of sp³-hybridized carbons (Fsp3) is 0.214. The molecule has 0 fully saturated rings. The molecule has 0 N–H and O–H groups in total. The van der Waals surface area contributed by atoms with Gasteiger partial charge in [-0.2, -0.15) is 10.5 Å². The third-order valence-corrected chi connectivity index (χ3v) is 3.12. The van der Waals surface area contributed by atoms with Crippen LogP contribution in [0.4, 0.5) is 0 Å². The first-order valence-corrected chi connectivity index (χ1v) is 5.68. The van der Waals surface area contributed by atoms with E-state index in [1.54, 1.807) is 25.2 Å². The van der Waals surface area contributed by atoms with E-state index in [-0.39, 0.29) is 11.1 Å². The van der Waals surface area contributed by atoms with Crippen LogP contribution in [-0.2, 0) is 7.05 Å². The van der Waals surface area contributed by atoms with Crippen LogP contribution < -0.4 is 15.0 Å². The smallest absolute Gasteiger partial charge is 0.270 e. The highest BCUT2D eigenvalue weighted by Crippen LogP contribution is 2.33. The van der Waals surface area contributed by atoms with Crippen LogP contribution in [0.25, 0.3) is 10.9 Å². The van der Waals surface area contributed by atoms with E-state index in [1.807, 2.05) is 6.07 Å². The topological polar surface area (TPSA) is 88.0 Å². The Hall–Kier alpha value is -2.99. The van der Waals surface area contributed by atoms with Gasteiger partial charge in [0.05, 0.1) is 25.3 Å². The van der Waals surface area contributed by atoms with Crippen molar-refractivity contribution in [3.05, 3.63) is 33.6 Å². The van der Waals surface area contributed by atoms with Crippen molar-refractivity contribution < 1.29 is 9.47 Å². The normalized spacial score (nSPS) is 9.85. The zero-order valence-electron chi connectivity index (χ0n) is 11.2. The highest BCUT2D eigenvalue weighted by Gasteiger charge is 2.17. The molecule has 6 nitrogen and oxygen atoms in total. The van der Waals surface area contributed by atoms with E-state index in [4.69, 9.17) is 14.7 Å². The van der Waals surface area contributed by atoms with Crippen molar-refractivity contribution in [1.82, 2.24) is 4.57 Å². The molecule has 0 amide bonds. The highest BCUT2D eigenvalue weighted by atomic mass is 16.5. The zero-order valence-corrected chi connectivity index (χ0v) is 11.2. The average molecular weight is 269 g/mol. The molecular formula is C14H11N3O3. The Labute approximate surface area is 115 Å². The number of ether oxygens (including phenoxy) is 2. The summed E-state index contributed by atoms with van der Waals surface area (Å²) in [5, 5.41) is 18.8. The maximum Gasteiger partial charge on any atom is 0.270 e. The Kier molecular flexibility index (Phi) is 3.32. The Balaban J connectivity index is 3.08. The number of hydrogen-bond donors (Lipinski definition) is 0. The van der Waals surface area contributed by atoms with Crippen molar-refractivity contribution in [2.45, 2.75) is 0 Å². The molecule has 0 saturated carbocycles. The van der Waals surface area contributed by atoms with Gasteiger partial charge in [-0.3, -0.25) is 4.79 Å². The third-order valence-electron chi connectivity index (χ3n) is 3.12. The Morgan fingerprint density at radius 3 is 2.10 bits per heavy atom. The van der Waals surface area contributed by atoms with E-state index in [2.05, 4.69) is 0 Å². The van der Waals surface area contributed by atoms with Crippen LogP contribution in [0.5, 0.6) is 11.5 Å². The number of pyridine rings is 1. The second kappa shape index (κ2) is 4.94. The van der Waals surface area contributed by atoms with E-state index in [1.165, 1.54) is 18.8 Å². The number of nitriles is 2. The first kappa shape index (κ1) is 13.4. The molecule has 2 rings (SSSR count). The van der Waals surface area contributed by atoms with Gasteiger partial charge in [-0.1, -0.05) is 0 Å². The number of fused-ring (bicyclic) bond motifs is 1. The van der Waals surface area contributed by atoms with E-state index in [9.17, 15) is 10.1 Å². The zero-order chi connectivity index (χ0) is 14.9. The Bertz CT molecular complexity index is 838. The molecule has 6 heteroatoms. The molecule has 20 heavy (non-hydrogen) atoms. The molecule has 1 heterocycles. The molecule has 1 aromatic carbocycles. The van der Waals surface area contributed by atoms with Gasteiger partial charge >= 0.3 is 0 Å². The van der Waals surface area contributed by atoms with Gasteiger partial charge in [0.2, 0.25) is 0 Å². The molecule has 0 atom stereocenters. The molecule has 0 bridgehead atoms. The van der Waals surface area contributed by atoms with Crippen LogP contribution in [0.2, 0.25) is 0 Å². The lowest BCUT2D eigenvalue weighted by Crippen LogP contribution is -2.21. The van der Waals surface area contributed by atoms with Crippen molar-refractivity contribution in [2.24, 2.45) is 7.05 Å². The predicted molar refractivity (Wildman–Crippen MR) is 71.7 cm³/mol. The van der Waals surface area contributed by atoms with Crippen molar-refractivity contribution in [3.8, 4) is 23.6 Å².